The lowest BCUT2D eigenvalue weighted by Gasteiger charge is -2.05. The van der Waals surface area contributed by atoms with Crippen LogP contribution in [0.2, 0.25) is 0 Å². The number of carbonyl (C=O) groups is 2. The van der Waals surface area contributed by atoms with Crippen molar-refractivity contribution in [3.63, 3.8) is 0 Å². The van der Waals surface area contributed by atoms with Gasteiger partial charge in [-0.05, 0) is 43.4 Å². The summed E-state index contributed by atoms with van der Waals surface area (Å²) in [5, 5.41) is 11.2. The molecule has 1 aromatic carbocycles. The van der Waals surface area contributed by atoms with Crippen LogP contribution in [0.4, 0.5) is 8.78 Å². The Morgan fingerprint density at radius 2 is 1.77 bits per heavy atom. The van der Waals surface area contributed by atoms with Gasteiger partial charge in [0.15, 0.2) is 11.6 Å². The SMILES string of the molecule is O=C(O)CCCCCNC(=O)CCCc1ccc(F)c(F)c1. The lowest BCUT2D eigenvalue weighted by Crippen LogP contribution is -2.24. The first-order valence-electron chi connectivity index (χ1n) is 7.41. The molecule has 22 heavy (non-hydrogen) atoms. The molecule has 0 spiro atoms. The fourth-order valence-electron chi connectivity index (χ4n) is 2.04. The molecule has 0 aromatic heterocycles. The number of benzene rings is 1. The van der Waals surface area contributed by atoms with Gasteiger partial charge in [-0.15, -0.1) is 0 Å². The van der Waals surface area contributed by atoms with Crippen molar-refractivity contribution >= 4 is 11.9 Å². The molecule has 0 unspecified atom stereocenters. The minimum atomic E-state index is -0.872. The zero-order valence-electron chi connectivity index (χ0n) is 12.4. The second kappa shape index (κ2) is 9.87. The molecule has 122 valence electrons. The molecule has 0 aliphatic rings. The molecule has 2 N–H and O–H groups in total. The number of aryl methyl sites for hydroxylation is 1. The van der Waals surface area contributed by atoms with E-state index in [-0.39, 0.29) is 12.3 Å². The van der Waals surface area contributed by atoms with Crippen LogP contribution in [0.3, 0.4) is 0 Å². The molecule has 0 saturated heterocycles. The van der Waals surface area contributed by atoms with E-state index in [4.69, 9.17) is 5.11 Å². The average molecular weight is 313 g/mol. The Hall–Kier alpha value is -1.98. The second-order valence-electron chi connectivity index (χ2n) is 5.16. The molecule has 1 amide bonds. The number of amides is 1. The summed E-state index contributed by atoms with van der Waals surface area (Å²) in [5.74, 6) is -2.63. The molecular formula is C16H21F2NO3. The fraction of sp³-hybridized carbons (Fsp3) is 0.500. The monoisotopic (exact) mass is 313 g/mol. The predicted octanol–water partition coefficient (Wildman–Crippen LogP) is 3.05. The highest BCUT2D eigenvalue weighted by molar-refractivity contribution is 5.75. The Kier molecular flexibility index (Phi) is 8.10. The molecular weight excluding hydrogens is 292 g/mol. The first-order chi connectivity index (χ1) is 10.5. The standard InChI is InChI=1S/C16H21F2NO3/c17-13-9-8-12(11-14(13)18)5-4-6-15(20)19-10-3-1-2-7-16(21)22/h8-9,11H,1-7,10H2,(H,19,20)(H,21,22). The summed E-state index contributed by atoms with van der Waals surface area (Å²) in [4.78, 5) is 21.9. The van der Waals surface area contributed by atoms with Gasteiger partial charge in [0.2, 0.25) is 5.91 Å². The van der Waals surface area contributed by atoms with Crippen molar-refractivity contribution < 1.29 is 23.5 Å². The molecule has 6 heteroatoms. The van der Waals surface area contributed by atoms with E-state index in [2.05, 4.69) is 5.32 Å². The van der Waals surface area contributed by atoms with Gasteiger partial charge in [0.25, 0.3) is 0 Å². The van der Waals surface area contributed by atoms with Crippen molar-refractivity contribution in [2.45, 2.75) is 44.9 Å². The molecule has 4 nitrogen and oxygen atoms in total. The fourth-order valence-corrected chi connectivity index (χ4v) is 2.04. The van der Waals surface area contributed by atoms with E-state index in [1.54, 1.807) is 0 Å². The molecule has 0 aliphatic carbocycles. The highest BCUT2D eigenvalue weighted by Gasteiger charge is 2.05. The Balaban J connectivity index is 2.08. The predicted molar refractivity (Wildman–Crippen MR) is 78.4 cm³/mol. The van der Waals surface area contributed by atoms with Gasteiger partial charge in [-0.3, -0.25) is 9.59 Å². The largest absolute Gasteiger partial charge is 0.481 e. The minimum absolute atomic E-state index is 0.0826. The number of hydrogen-bond donors (Lipinski definition) is 2. The van der Waals surface area contributed by atoms with Crippen molar-refractivity contribution in [3.8, 4) is 0 Å². The van der Waals surface area contributed by atoms with Crippen molar-refractivity contribution in [2.24, 2.45) is 0 Å². The van der Waals surface area contributed by atoms with Gasteiger partial charge < -0.3 is 10.4 Å². The number of carboxylic acids is 1. The third-order valence-corrected chi connectivity index (χ3v) is 3.24. The quantitative estimate of drug-likeness (QED) is 0.652. The summed E-state index contributed by atoms with van der Waals surface area (Å²) in [5.41, 5.74) is 0.667. The highest BCUT2D eigenvalue weighted by atomic mass is 19.2. The number of aliphatic carboxylic acids is 1. The molecule has 1 rings (SSSR count). The van der Waals surface area contributed by atoms with Gasteiger partial charge in [0.05, 0.1) is 0 Å². The Morgan fingerprint density at radius 1 is 1.00 bits per heavy atom. The summed E-state index contributed by atoms with van der Waals surface area (Å²) in [6, 6.07) is 3.75. The summed E-state index contributed by atoms with van der Waals surface area (Å²) >= 11 is 0. The smallest absolute Gasteiger partial charge is 0.303 e. The van der Waals surface area contributed by atoms with Gasteiger partial charge in [0, 0.05) is 19.4 Å². The summed E-state index contributed by atoms with van der Waals surface area (Å²) < 4.78 is 25.7. The third kappa shape index (κ3) is 7.71. The number of nitrogens with one attached hydrogen (secondary N) is 1. The maximum Gasteiger partial charge on any atom is 0.303 e. The summed E-state index contributed by atoms with van der Waals surface area (Å²) in [6.07, 6.45) is 3.69. The van der Waals surface area contributed by atoms with E-state index in [0.717, 1.165) is 25.0 Å². The third-order valence-electron chi connectivity index (χ3n) is 3.24. The van der Waals surface area contributed by atoms with Gasteiger partial charge in [-0.25, -0.2) is 8.78 Å². The van der Waals surface area contributed by atoms with E-state index >= 15 is 0 Å². The number of hydrogen-bond acceptors (Lipinski definition) is 2. The number of carbonyl (C=O) groups excluding carboxylic acids is 1. The highest BCUT2D eigenvalue weighted by Crippen LogP contribution is 2.11. The number of halogens is 2. The molecule has 0 fully saturated rings. The zero-order chi connectivity index (χ0) is 16.4. The summed E-state index contributed by atoms with van der Waals surface area (Å²) in [6.45, 7) is 0.531. The van der Waals surface area contributed by atoms with Crippen LogP contribution in [-0.4, -0.2) is 23.5 Å². The average Bonchev–Trinajstić information content (AvgIpc) is 2.46. The molecule has 0 radical (unpaired) electrons. The van der Waals surface area contributed by atoms with Crippen LogP contribution in [0.15, 0.2) is 18.2 Å². The topological polar surface area (TPSA) is 66.4 Å². The van der Waals surface area contributed by atoms with Crippen LogP contribution in [0.1, 0.15) is 44.1 Å². The first-order valence-corrected chi connectivity index (χ1v) is 7.41. The van der Waals surface area contributed by atoms with Crippen LogP contribution < -0.4 is 5.32 Å². The number of rotatable bonds is 10. The van der Waals surface area contributed by atoms with Crippen LogP contribution >= 0.6 is 0 Å². The maximum absolute atomic E-state index is 13.0. The van der Waals surface area contributed by atoms with E-state index in [1.165, 1.54) is 6.07 Å². The lowest BCUT2D eigenvalue weighted by atomic mass is 10.1. The summed E-state index contributed by atoms with van der Waals surface area (Å²) in [7, 11) is 0. The van der Waals surface area contributed by atoms with Crippen molar-refractivity contribution in [2.75, 3.05) is 6.54 Å². The maximum atomic E-state index is 13.0. The van der Waals surface area contributed by atoms with Crippen LogP contribution in [0.5, 0.6) is 0 Å². The zero-order valence-corrected chi connectivity index (χ0v) is 12.4. The van der Waals surface area contributed by atoms with E-state index in [1.807, 2.05) is 0 Å². The number of unbranched alkanes of at least 4 members (excludes halogenated alkanes) is 2. The van der Waals surface area contributed by atoms with Gasteiger partial charge in [0.1, 0.15) is 0 Å². The second-order valence-corrected chi connectivity index (χ2v) is 5.16. The van der Waals surface area contributed by atoms with E-state index < -0.39 is 17.6 Å². The van der Waals surface area contributed by atoms with Gasteiger partial charge >= 0.3 is 5.97 Å². The van der Waals surface area contributed by atoms with Crippen molar-refractivity contribution in [1.82, 2.24) is 5.32 Å². The first kappa shape index (κ1) is 18.1. The Bertz CT molecular complexity index is 506. The van der Waals surface area contributed by atoms with E-state index in [0.29, 0.717) is 37.8 Å². The van der Waals surface area contributed by atoms with Crippen molar-refractivity contribution in [3.05, 3.63) is 35.4 Å². The van der Waals surface area contributed by atoms with Crippen molar-refractivity contribution in [1.29, 1.82) is 0 Å². The van der Waals surface area contributed by atoms with Gasteiger partial charge in [-0.2, -0.15) is 0 Å². The molecule has 0 saturated carbocycles. The number of carboxylic acid groups (broad SMARTS) is 1. The molecule has 0 aliphatic heterocycles. The molecule has 0 bridgehead atoms. The molecule has 0 heterocycles. The van der Waals surface area contributed by atoms with Crippen LogP contribution in [-0.2, 0) is 16.0 Å². The van der Waals surface area contributed by atoms with Crippen LogP contribution in [0, 0.1) is 11.6 Å². The van der Waals surface area contributed by atoms with Gasteiger partial charge in [-0.1, -0.05) is 12.5 Å². The van der Waals surface area contributed by atoms with Crippen LogP contribution in [0.25, 0.3) is 0 Å². The Morgan fingerprint density at radius 3 is 2.45 bits per heavy atom. The van der Waals surface area contributed by atoms with E-state index in [9.17, 15) is 18.4 Å². The molecule has 1 aromatic rings. The lowest BCUT2D eigenvalue weighted by molar-refractivity contribution is -0.137. The molecule has 0 atom stereocenters. The minimum Gasteiger partial charge on any atom is -0.481 e. The Labute approximate surface area is 128 Å². The normalized spacial score (nSPS) is 10.5.